The van der Waals surface area contributed by atoms with Crippen molar-refractivity contribution in [1.82, 2.24) is 4.90 Å². The zero-order chi connectivity index (χ0) is 20.2. The molecule has 4 heteroatoms. The molecule has 4 nitrogen and oxygen atoms in total. The Bertz CT molecular complexity index is 945. The van der Waals surface area contributed by atoms with Crippen LogP contribution in [0, 0.1) is 0 Å². The van der Waals surface area contributed by atoms with E-state index < -0.39 is 12.2 Å². The number of ether oxygens (including phenoxy) is 1. The van der Waals surface area contributed by atoms with Crippen molar-refractivity contribution in [2.24, 2.45) is 0 Å². The molecule has 0 saturated carbocycles. The molecule has 1 N–H and O–H groups in total. The second kappa shape index (κ2) is 8.33. The average Bonchev–Trinajstić information content (AvgIpc) is 2.77. The lowest BCUT2D eigenvalue weighted by atomic mass is 9.95. The lowest BCUT2D eigenvalue weighted by Gasteiger charge is -2.37. The van der Waals surface area contributed by atoms with Crippen LogP contribution in [0.2, 0.25) is 0 Å². The van der Waals surface area contributed by atoms with Crippen LogP contribution in [0.25, 0.3) is 5.76 Å². The number of hydrogen-bond acceptors (Lipinski definition) is 3. The molecule has 0 spiro atoms. The van der Waals surface area contributed by atoms with Crippen molar-refractivity contribution in [2.75, 3.05) is 0 Å². The molecule has 0 bridgehead atoms. The summed E-state index contributed by atoms with van der Waals surface area (Å²) in [5.74, 6) is 0.297. The fourth-order valence-corrected chi connectivity index (χ4v) is 3.59. The molecule has 0 radical (unpaired) electrons. The predicted molar refractivity (Wildman–Crippen MR) is 113 cm³/mol. The van der Waals surface area contributed by atoms with Crippen molar-refractivity contribution in [3.8, 4) is 0 Å². The highest BCUT2D eigenvalue weighted by Gasteiger charge is 2.38. The third-order valence-corrected chi connectivity index (χ3v) is 5.01. The van der Waals surface area contributed by atoms with E-state index >= 15 is 0 Å². The number of nitrogens with zero attached hydrogens (tertiary/aromatic N) is 1. The standard InChI is InChI=1S/C25H23NO3/c1-18(27)24-25(28)26(17-22(29-24)19-11-5-2-6-12-19)23(20-13-7-3-8-14-20)21-15-9-4-10-16-21/h2-18,23-24,27H,1H3/t18-,24+/m1/s1. The van der Waals surface area contributed by atoms with E-state index in [0.717, 1.165) is 16.7 Å². The highest BCUT2D eigenvalue weighted by atomic mass is 16.5. The number of aliphatic hydroxyl groups excluding tert-OH is 1. The van der Waals surface area contributed by atoms with Crippen LogP contribution >= 0.6 is 0 Å². The Kier molecular flexibility index (Phi) is 5.45. The van der Waals surface area contributed by atoms with Gasteiger partial charge in [0.05, 0.1) is 18.3 Å². The Morgan fingerprint density at radius 3 is 1.79 bits per heavy atom. The van der Waals surface area contributed by atoms with E-state index in [9.17, 15) is 9.90 Å². The van der Waals surface area contributed by atoms with Crippen molar-refractivity contribution in [1.29, 1.82) is 0 Å². The highest BCUT2D eigenvalue weighted by molar-refractivity contribution is 5.87. The van der Waals surface area contributed by atoms with E-state index in [-0.39, 0.29) is 11.9 Å². The van der Waals surface area contributed by atoms with Crippen molar-refractivity contribution in [2.45, 2.75) is 25.2 Å². The lowest BCUT2D eigenvalue weighted by molar-refractivity contribution is -0.146. The van der Waals surface area contributed by atoms with E-state index in [4.69, 9.17) is 4.74 Å². The number of hydrogen-bond donors (Lipinski definition) is 1. The summed E-state index contributed by atoms with van der Waals surface area (Å²) in [6.45, 7) is 1.58. The molecule has 2 atom stereocenters. The summed E-state index contributed by atoms with van der Waals surface area (Å²) in [4.78, 5) is 15.0. The van der Waals surface area contributed by atoms with Gasteiger partial charge in [-0.05, 0) is 18.1 Å². The minimum absolute atomic E-state index is 0.266. The molecular weight excluding hydrogens is 362 g/mol. The number of benzene rings is 3. The molecule has 0 saturated heterocycles. The SMILES string of the molecule is C[C@@H](O)[C@@H]1OC(c2ccccc2)=CN(C(c2ccccc2)c2ccccc2)C1=O. The monoisotopic (exact) mass is 385 g/mol. The maximum atomic E-state index is 13.3. The van der Waals surface area contributed by atoms with Crippen LogP contribution in [0.1, 0.15) is 29.7 Å². The molecule has 0 aliphatic carbocycles. The van der Waals surface area contributed by atoms with Crippen molar-refractivity contribution < 1.29 is 14.6 Å². The Balaban J connectivity index is 1.86. The van der Waals surface area contributed by atoms with Crippen LogP contribution in [0.3, 0.4) is 0 Å². The maximum absolute atomic E-state index is 13.3. The van der Waals surface area contributed by atoms with E-state index in [1.54, 1.807) is 18.0 Å². The first kappa shape index (κ1) is 19.0. The van der Waals surface area contributed by atoms with Crippen LogP contribution in [-0.4, -0.2) is 28.1 Å². The molecule has 0 fully saturated rings. The summed E-state index contributed by atoms with van der Waals surface area (Å²) in [7, 11) is 0. The molecule has 4 rings (SSSR count). The van der Waals surface area contributed by atoms with Crippen molar-refractivity contribution in [3.05, 3.63) is 114 Å². The Hall–Kier alpha value is -3.37. The molecule has 1 aliphatic rings. The third kappa shape index (κ3) is 3.93. The third-order valence-electron chi connectivity index (χ3n) is 5.01. The zero-order valence-corrected chi connectivity index (χ0v) is 16.2. The van der Waals surface area contributed by atoms with Gasteiger partial charge in [-0.1, -0.05) is 91.0 Å². The summed E-state index contributed by atoms with van der Waals surface area (Å²) in [5.41, 5.74) is 2.83. The molecule has 0 aromatic heterocycles. The second-order valence-corrected chi connectivity index (χ2v) is 7.11. The highest BCUT2D eigenvalue weighted by Crippen LogP contribution is 2.35. The Morgan fingerprint density at radius 1 is 0.828 bits per heavy atom. The van der Waals surface area contributed by atoms with Gasteiger partial charge >= 0.3 is 0 Å². The van der Waals surface area contributed by atoms with Gasteiger partial charge in [-0.25, -0.2) is 0 Å². The van der Waals surface area contributed by atoms with Gasteiger partial charge in [-0.2, -0.15) is 0 Å². The van der Waals surface area contributed by atoms with E-state index in [2.05, 4.69) is 0 Å². The topological polar surface area (TPSA) is 49.8 Å². The molecule has 0 unspecified atom stereocenters. The van der Waals surface area contributed by atoms with Gasteiger partial charge in [0.25, 0.3) is 5.91 Å². The van der Waals surface area contributed by atoms with Crippen LogP contribution in [0.4, 0.5) is 0 Å². The van der Waals surface area contributed by atoms with Crippen molar-refractivity contribution >= 4 is 11.7 Å². The molecule has 29 heavy (non-hydrogen) atoms. The first-order chi connectivity index (χ1) is 14.1. The van der Waals surface area contributed by atoms with E-state index in [0.29, 0.717) is 5.76 Å². The summed E-state index contributed by atoms with van der Waals surface area (Å²) in [6.07, 6.45) is -0.156. The number of carbonyl (C=O) groups excluding carboxylic acids is 1. The summed E-state index contributed by atoms with van der Waals surface area (Å²) >= 11 is 0. The largest absolute Gasteiger partial charge is 0.476 e. The van der Waals surface area contributed by atoms with Gasteiger partial charge in [-0.3, -0.25) is 4.79 Å². The van der Waals surface area contributed by atoms with Gasteiger partial charge in [0.15, 0.2) is 0 Å². The average molecular weight is 385 g/mol. The van der Waals surface area contributed by atoms with Crippen LogP contribution in [-0.2, 0) is 9.53 Å². The van der Waals surface area contributed by atoms with Gasteiger partial charge < -0.3 is 14.7 Å². The maximum Gasteiger partial charge on any atom is 0.271 e. The fraction of sp³-hybridized carbons (Fsp3) is 0.160. The van der Waals surface area contributed by atoms with Gasteiger partial charge in [-0.15, -0.1) is 0 Å². The first-order valence-electron chi connectivity index (χ1n) is 9.69. The smallest absolute Gasteiger partial charge is 0.271 e. The van der Waals surface area contributed by atoms with Gasteiger partial charge in [0.1, 0.15) is 5.76 Å². The first-order valence-corrected chi connectivity index (χ1v) is 9.69. The minimum Gasteiger partial charge on any atom is -0.476 e. The lowest BCUT2D eigenvalue weighted by Crippen LogP contribution is -2.47. The van der Waals surface area contributed by atoms with Gasteiger partial charge in [0.2, 0.25) is 6.10 Å². The summed E-state index contributed by atoms with van der Waals surface area (Å²) in [5, 5.41) is 10.3. The molecular formula is C25H23NO3. The van der Waals surface area contributed by atoms with E-state index in [1.807, 2.05) is 91.0 Å². The normalized spacial score (nSPS) is 17.6. The van der Waals surface area contributed by atoms with Crippen LogP contribution in [0.5, 0.6) is 0 Å². The van der Waals surface area contributed by atoms with Crippen LogP contribution in [0.15, 0.2) is 97.2 Å². The summed E-state index contributed by atoms with van der Waals surface area (Å²) < 4.78 is 5.92. The quantitative estimate of drug-likeness (QED) is 0.709. The second-order valence-electron chi connectivity index (χ2n) is 7.11. The molecule has 1 heterocycles. The zero-order valence-electron chi connectivity index (χ0n) is 16.2. The number of carbonyl (C=O) groups is 1. The number of aliphatic hydroxyl groups is 1. The molecule has 3 aromatic rings. The molecule has 1 aliphatic heterocycles. The minimum atomic E-state index is -0.967. The Labute approximate surface area is 170 Å². The summed E-state index contributed by atoms with van der Waals surface area (Å²) in [6, 6.07) is 29.1. The van der Waals surface area contributed by atoms with E-state index in [1.165, 1.54) is 0 Å². The van der Waals surface area contributed by atoms with Crippen molar-refractivity contribution in [3.63, 3.8) is 0 Å². The molecule has 146 valence electrons. The Morgan fingerprint density at radius 2 is 1.31 bits per heavy atom. The number of amides is 1. The predicted octanol–water partition coefficient (Wildman–Crippen LogP) is 4.38. The van der Waals surface area contributed by atoms with Crippen LogP contribution < -0.4 is 0 Å². The molecule has 3 aromatic carbocycles. The van der Waals surface area contributed by atoms with Gasteiger partial charge in [0, 0.05) is 5.56 Å². The number of rotatable bonds is 5. The molecule has 1 amide bonds. The fourth-order valence-electron chi connectivity index (χ4n) is 3.59.